The molecule has 0 aliphatic heterocycles. The summed E-state index contributed by atoms with van der Waals surface area (Å²) in [5.41, 5.74) is -0.329. The minimum Gasteiger partial charge on any atom is -0.310 e. The average Bonchev–Trinajstić information content (AvgIpc) is 2.05. The van der Waals surface area contributed by atoms with Crippen LogP contribution in [0.1, 0.15) is 5.56 Å². The zero-order chi connectivity index (χ0) is 9.90. The van der Waals surface area contributed by atoms with Crippen LogP contribution in [0.15, 0.2) is 24.3 Å². The van der Waals surface area contributed by atoms with E-state index in [2.05, 4.69) is 4.85 Å². The van der Waals surface area contributed by atoms with Gasteiger partial charge in [0.2, 0.25) is 0 Å². The predicted octanol–water partition coefficient (Wildman–Crippen LogP) is 2.84. The van der Waals surface area contributed by atoms with Crippen molar-refractivity contribution in [2.45, 2.75) is 5.92 Å². The van der Waals surface area contributed by atoms with Gasteiger partial charge < -0.3 is 4.85 Å². The number of hydrogen-bond donors (Lipinski definition) is 0. The maximum Gasteiger partial charge on any atom is 0.343 e. The maximum atomic E-state index is 13.0. The molecule has 1 aromatic carbocycles. The number of alkyl halides is 2. The molecule has 0 N–H and O–H groups in total. The highest BCUT2D eigenvalue weighted by atomic mass is 19.3. The summed E-state index contributed by atoms with van der Waals surface area (Å²) < 4.78 is 38.3. The lowest BCUT2D eigenvalue weighted by atomic mass is 10.1. The quantitative estimate of drug-likeness (QED) is 0.624. The van der Waals surface area contributed by atoms with Crippen LogP contribution in [0.5, 0.6) is 0 Å². The third-order valence-electron chi connectivity index (χ3n) is 1.54. The summed E-state index contributed by atoms with van der Waals surface area (Å²) in [6.45, 7) is 5.42. The van der Waals surface area contributed by atoms with E-state index in [9.17, 15) is 13.2 Å². The Morgan fingerprint density at radius 1 is 1.23 bits per heavy atom. The summed E-state index contributed by atoms with van der Waals surface area (Å²) >= 11 is 0. The van der Waals surface area contributed by atoms with Gasteiger partial charge in [0.25, 0.3) is 6.54 Å². The molecule has 1 aromatic rings. The molecule has 4 heteroatoms. The van der Waals surface area contributed by atoms with Gasteiger partial charge in [-0.2, -0.15) is 8.78 Å². The predicted molar refractivity (Wildman–Crippen MR) is 41.8 cm³/mol. The summed E-state index contributed by atoms with van der Waals surface area (Å²) in [5.74, 6) is -3.75. The number of benzene rings is 1. The first-order valence-corrected chi connectivity index (χ1v) is 3.53. The number of rotatable bonds is 2. The molecule has 0 saturated heterocycles. The molecule has 0 amide bonds. The van der Waals surface area contributed by atoms with Gasteiger partial charge in [0.15, 0.2) is 0 Å². The van der Waals surface area contributed by atoms with Gasteiger partial charge in [-0.1, -0.05) is 0 Å². The Balaban J connectivity index is 2.95. The number of hydrogen-bond acceptors (Lipinski definition) is 0. The molecular weight excluding hydrogens is 179 g/mol. The molecule has 0 saturated carbocycles. The van der Waals surface area contributed by atoms with E-state index in [1.807, 2.05) is 0 Å². The standard InChI is InChI=1S/C9H6F3N/c1-13-6-9(11,12)7-2-4-8(10)5-3-7/h2-5H,6H2. The lowest BCUT2D eigenvalue weighted by Crippen LogP contribution is -2.16. The SMILES string of the molecule is [C-]#[N+]CC(F)(F)c1ccc(F)cc1. The van der Waals surface area contributed by atoms with Crippen LogP contribution in [-0.2, 0) is 5.92 Å². The highest BCUT2D eigenvalue weighted by Gasteiger charge is 2.35. The molecular formula is C9H6F3N. The highest BCUT2D eigenvalue weighted by Crippen LogP contribution is 2.28. The Morgan fingerprint density at radius 3 is 2.23 bits per heavy atom. The van der Waals surface area contributed by atoms with Crippen molar-refractivity contribution in [3.63, 3.8) is 0 Å². The molecule has 68 valence electrons. The van der Waals surface area contributed by atoms with E-state index in [0.717, 1.165) is 24.3 Å². The van der Waals surface area contributed by atoms with Crippen molar-refractivity contribution < 1.29 is 13.2 Å². The van der Waals surface area contributed by atoms with Crippen LogP contribution in [0.3, 0.4) is 0 Å². The molecule has 0 aromatic heterocycles. The van der Waals surface area contributed by atoms with Crippen LogP contribution in [-0.4, -0.2) is 6.54 Å². The van der Waals surface area contributed by atoms with Crippen molar-refractivity contribution in [1.29, 1.82) is 0 Å². The molecule has 0 atom stereocenters. The summed E-state index contributed by atoms with van der Waals surface area (Å²) in [6, 6.07) is 3.88. The van der Waals surface area contributed by atoms with Gasteiger partial charge in [-0.05, 0) is 24.3 Å². The maximum absolute atomic E-state index is 13.0. The lowest BCUT2D eigenvalue weighted by molar-refractivity contribution is 0.0141. The van der Waals surface area contributed by atoms with E-state index < -0.39 is 18.3 Å². The normalized spacial score (nSPS) is 10.9. The Labute approximate surface area is 73.6 Å². The molecule has 0 unspecified atom stereocenters. The molecule has 0 bridgehead atoms. The zero-order valence-electron chi connectivity index (χ0n) is 6.60. The van der Waals surface area contributed by atoms with Crippen molar-refractivity contribution >= 4 is 0 Å². The minimum absolute atomic E-state index is 0.329. The van der Waals surface area contributed by atoms with E-state index in [1.165, 1.54) is 0 Å². The van der Waals surface area contributed by atoms with Crippen LogP contribution >= 0.6 is 0 Å². The van der Waals surface area contributed by atoms with Crippen LogP contribution < -0.4 is 0 Å². The molecule has 0 fully saturated rings. The first kappa shape index (κ1) is 9.59. The van der Waals surface area contributed by atoms with E-state index in [0.29, 0.717) is 0 Å². The van der Waals surface area contributed by atoms with Crippen LogP contribution in [0.25, 0.3) is 4.85 Å². The van der Waals surface area contributed by atoms with Gasteiger partial charge in [-0.3, -0.25) is 0 Å². The molecule has 0 aliphatic carbocycles. The van der Waals surface area contributed by atoms with Crippen LogP contribution in [0, 0.1) is 12.4 Å². The van der Waals surface area contributed by atoms with Gasteiger partial charge in [-0.15, -0.1) is 0 Å². The Hall–Kier alpha value is -1.50. The Kier molecular flexibility index (Phi) is 2.57. The first-order chi connectivity index (χ1) is 6.06. The molecule has 0 heterocycles. The van der Waals surface area contributed by atoms with Crippen molar-refractivity contribution in [3.8, 4) is 0 Å². The van der Waals surface area contributed by atoms with E-state index in [4.69, 9.17) is 6.57 Å². The van der Waals surface area contributed by atoms with E-state index >= 15 is 0 Å². The first-order valence-electron chi connectivity index (χ1n) is 3.53. The van der Waals surface area contributed by atoms with Crippen LogP contribution in [0.4, 0.5) is 13.2 Å². The Bertz CT molecular complexity index is 324. The van der Waals surface area contributed by atoms with E-state index in [1.54, 1.807) is 0 Å². The molecule has 1 nitrogen and oxygen atoms in total. The van der Waals surface area contributed by atoms with Crippen molar-refractivity contribution in [3.05, 3.63) is 47.1 Å². The zero-order valence-corrected chi connectivity index (χ0v) is 6.60. The van der Waals surface area contributed by atoms with E-state index in [-0.39, 0.29) is 5.56 Å². The van der Waals surface area contributed by atoms with Gasteiger partial charge in [0, 0.05) is 5.56 Å². The van der Waals surface area contributed by atoms with Gasteiger partial charge in [-0.25, -0.2) is 11.0 Å². The van der Waals surface area contributed by atoms with Crippen molar-refractivity contribution in [2.24, 2.45) is 0 Å². The number of halogens is 3. The van der Waals surface area contributed by atoms with Crippen molar-refractivity contribution in [2.75, 3.05) is 6.54 Å². The third kappa shape index (κ3) is 2.22. The van der Waals surface area contributed by atoms with Gasteiger partial charge in [0.05, 0.1) is 0 Å². The van der Waals surface area contributed by atoms with Gasteiger partial charge >= 0.3 is 5.92 Å². The monoisotopic (exact) mass is 185 g/mol. The molecule has 0 spiro atoms. The smallest absolute Gasteiger partial charge is 0.310 e. The molecule has 0 radical (unpaired) electrons. The van der Waals surface area contributed by atoms with Gasteiger partial charge in [0.1, 0.15) is 5.82 Å². The average molecular weight is 185 g/mol. The van der Waals surface area contributed by atoms with Crippen LogP contribution in [0.2, 0.25) is 0 Å². The fraction of sp³-hybridized carbons (Fsp3) is 0.222. The third-order valence-corrected chi connectivity index (χ3v) is 1.54. The molecule has 0 aliphatic rings. The summed E-state index contributed by atoms with van der Waals surface area (Å²) in [6.07, 6.45) is 0. The summed E-state index contributed by atoms with van der Waals surface area (Å²) in [4.78, 5) is 2.61. The summed E-state index contributed by atoms with van der Waals surface area (Å²) in [5, 5.41) is 0. The highest BCUT2D eigenvalue weighted by molar-refractivity contribution is 5.21. The second-order valence-electron chi connectivity index (χ2n) is 2.53. The molecule has 13 heavy (non-hydrogen) atoms. The second kappa shape index (κ2) is 3.48. The molecule has 1 rings (SSSR count). The topological polar surface area (TPSA) is 4.36 Å². The second-order valence-corrected chi connectivity index (χ2v) is 2.53. The number of nitrogens with zero attached hydrogens (tertiary/aromatic N) is 1. The lowest BCUT2D eigenvalue weighted by Gasteiger charge is -2.09. The minimum atomic E-state index is -3.19. The largest absolute Gasteiger partial charge is 0.343 e. The Morgan fingerprint density at radius 2 is 1.77 bits per heavy atom. The fourth-order valence-electron chi connectivity index (χ4n) is 0.884. The fourth-order valence-corrected chi connectivity index (χ4v) is 0.884. The summed E-state index contributed by atoms with van der Waals surface area (Å²) in [7, 11) is 0. The van der Waals surface area contributed by atoms with Crippen molar-refractivity contribution in [1.82, 2.24) is 0 Å².